The highest BCUT2D eigenvalue weighted by Gasteiger charge is 2.07. The third kappa shape index (κ3) is 5.74. The zero-order valence-electron chi connectivity index (χ0n) is 15.7. The maximum absolute atomic E-state index is 12.1. The lowest BCUT2D eigenvalue weighted by molar-refractivity contribution is -0.129. The molecule has 3 rings (SSSR count). The molecule has 0 spiro atoms. The molecule has 4 nitrogen and oxygen atoms in total. The Balaban J connectivity index is 1.54. The van der Waals surface area contributed by atoms with Gasteiger partial charge in [-0.25, -0.2) is 4.79 Å². The van der Waals surface area contributed by atoms with Crippen LogP contribution in [0, 0.1) is 0 Å². The predicted octanol–water partition coefficient (Wildman–Crippen LogP) is 5.28. The molecule has 3 aromatic carbocycles. The smallest absolute Gasteiger partial charge is 0.336 e. The molecular weight excluding hydrogens is 352 g/mol. The summed E-state index contributed by atoms with van der Waals surface area (Å²) in [5.41, 5.74) is 1.99. The lowest BCUT2D eigenvalue weighted by atomic mass is 10.2. The van der Waals surface area contributed by atoms with Crippen molar-refractivity contribution >= 4 is 12.0 Å². The maximum Gasteiger partial charge on any atom is 0.336 e. The molecule has 142 valence electrons. The van der Waals surface area contributed by atoms with Crippen molar-refractivity contribution in [2.75, 3.05) is 6.61 Å². The molecule has 0 heterocycles. The zero-order chi connectivity index (χ0) is 19.6. The second kappa shape index (κ2) is 9.97. The molecule has 0 aliphatic carbocycles. The number of rotatable bonds is 8. The molecule has 28 heavy (non-hydrogen) atoms. The number of benzene rings is 3. The molecule has 0 N–H and O–H groups in total. The van der Waals surface area contributed by atoms with Crippen LogP contribution in [0.1, 0.15) is 18.1 Å². The van der Waals surface area contributed by atoms with Gasteiger partial charge in [0.25, 0.3) is 0 Å². The van der Waals surface area contributed by atoms with E-state index in [4.69, 9.17) is 14.2 Å². The van der Waals surface area contributed by atoms with Crippen LogP contribution >= 0.6 is 0 Å². The van der Waals surface area contributed by atoms with E-state index < -0.39 is 5.97 Å². The topological polar surface area (TPSA) is 44.8 Å². The number of hydrogen-bond acceptors (Lipinski definition) is 4. The lowest BCUT2D eigenvalue weighted by Gasteiger charge is -2.08. The zero-order valence-corrected chi connectivity index (χ0v) is 15.7. The molecule has 4 heteroatoms. The minimum Gasteiger partial charge on any atom is -0.490 e. The molecule has 3 aromatic rings. The van der Waals surface area contributed by atoms with Crippen molar-refractivity contribution in [2.45, 2.75) is 13.5 Å². The van der Waals surface area contributed by atoms with Gasteiger partial charge in [0.05, 0.1) is 6.61 Å². The van der Waals surface area contributed by atoms with Crippen molar-refractivity contribution in [1.29, 1.82) is 0 Å². The third-order valence-electron chi connectivity index (χ3n) is 3.90. The van der Waals surface area contributed by atoms with Gasteiger partial charge in [0, 0.05) is 6.08 Å². The first-order valence-electron chi connectivity index (χ1n) is 9.13. The molecule has 0 fully saturated rings. The van der Waals surface area contributed by atoms with Crippen LogP contribution in [-0.4, -0.2) is 12.6 Å². The number of carbonyl (C=O) groups excluding carboxylic acids is 1. The van der Waals surface area contributed by atoms with Gasteiger partial charge in [-0.3, -0.25) is 0 Å². The van der Waals surface area contributed by atoms with E-state index in [1.807, 2.05) is 67.6 Å². The number of ether oxygens (including phenoxy) is 3. The van der Waals surface area contributed by atoms with Gasteiger partial charge in [0.1, 0.15) is 12.4 Å². The van der Waals surface area contributed by atoms with Crippen molar-refractivity contribution in [2.24, 2.45) is 0 Å². The van der Waals surface area contributed by atoms with Crippen LogP contribution in [0.3, 0.4) is 0 Å². The summed E-state index contributed by atoms with van der Waals surface area (Å²) in [6.07, 6.45) is 3.09. The van der Waals surface area contributed by atoms with Gasteiger partial charge in [-0.1, -0.05) is 54.6 Å². The van der Waals surface area contributed by atoms with E-state index in [2.05, 4.69) is 0 Å². The first kappa shape index (κ1) is 19.2. The van der Waals surface area contributed by atoms with Gasteiger partial charge in [-0.15, -0.1) is 0 Å². The predicted molar refractivity (Wildman–Crippen MR) is 109 cm³/mol. The van der Waals surface area contributed by atoms with Crippen molar-refractivity contribution in [1.82, 2.24) is 0 Å². The average Bonchev–Trinajstić information content (AvgIpc) is 2.74. The molecule has 0 bridgehead atoms. The highest BCUT2D eigenvalue weighted by Crippen LogP contribution is 2.26. The largest absolute Gasteiger partial charge is 0.490 e. The quantitative estimate of drug-likeness (QED) is 0.306. The van der Waals surface area contributed by atoms with E-state index in [1.165, 1.54) is 6.08 Å². The van der Waals surface area contributed by atoms with Crippen LogP contribution < -0.4 is 14.2 Å². The van der Waals surface area contributed by atoms with Crippen LogP contribution in [0.2, 0.25) is 0 Å². The molecule has 0 aromatic heterocycles. The van der Waals surface area contributed by atoms with Gasteiger partial charge in [-0.05, 0) is 48.4 Å². The Hall–Kier alpha value is -3.53. The molecule has 0 saturated heterocycles. The Kier molecular flexibility index (Phi) is 6.85. The van der Waals surface area contributed by atoms with Crippen molar-refractivity contribution in [3.63, 3.8) is 0 Å². The second-order valence-electron chi connectivity index (χ2n) is 5.98. The minimum atomic E-state index is -0.462. The molecule has 0 unspecified atom stereocenters. The Morgan fingerprint density at radius 1 is 0.821 bits per heavy atom. The number of carbonyl (C=O) groups is 1. The Labute approximate surface area is 165 Å². The highest BCUT2D eigenvalue weighted by molar-refractivity contribution is 5.89. The summed E-state index contributed by atoms with van der Waals surface area (Å²) in [6, 6.07) is 24.6. The standard InChI is InChI=1S/C24H22O4/c1-2-26-22-10-6-7-11-23(22)28-24(25)17-14-19-12-15-21(16-13-19)27-18-20-8-4-3-5-9-20/h3-17H,2,18H2,1H3/b17-14+. The van der Waals surface area contributed by atoms with Gasteiger partial charge < -0.3 is 14.2 Å². The van der Waals surface area contributed by atoms with Gasteiger partial charge in [-0.2, -0.15) is 0 Å². The van der Waals surface area contributed by atoms with E-state index in [0.717, 1.165) is 16.9 Å². The normalized spacial score (nSPS) is 10.6. The van der Waals surface area contributed by atoms with Crippen LogP contribution in [0.25, 0.3) is 6.08 Å². The third-order valence-corrected chi connectivity index (χ3v) is 3.90. The summed E-state index contributed by atoms with van der Waals surface area (Å²) >= 11 is 0. The monoisotopic (exact) mass is 374 g/mol. The summed E-state index contributed by atoms with van der Waals surface area (Å²) in [7, 11) is 0. The van der Waals surface area contributed by atoms with Gasteiger partial charge in [0.2, 0.25) is 0 Å². The summed E-state index contributed by atoms with van der Waals surface area (Å²) in [5, 5.41) is 0. The Bertz CT molecular complexity index is 915. The second-order valence-corrected chi connectivity index (χ2v) is 5.98. The molecule has 0 aliphatic heterocycles. The fraction of sp³-hybridized carbons (Fsp3) is 0.125. The molecule has 0 atom stereocenters. The minimum absolute atomic E-state index is 0.406. The SMILES string of the molecule is CCOc1ccccc1OC(=O)/C=C/c1ccc(OCc2ccccc2)cc1. The van der Waals surface area contributed by atoms with Crippen LogP contribution in [0.5, 0.6) is 17.2 Å². The van der Waals surface area contributed by atoms with Crippen LogP contribution in [-0.2, 0) is 11.4 Å². The molecular formula is C24H22O4. The van der Waals surface area contributed by atoms with E-state index in [9.17, 15) is 4.79 Å². The van der Waals surface area contributed by atoms with Gasteiger partial charge >= 0.3 is 5.97 Å². The van der Waals surface area contributed by atoms with Crippen LogP contribution in [0.15, 0.2) is 84.9 Å². The number of para-hydroxylation sites is 2. The Morgan fingerprint density at radius 2 is 1.50 bits per heavy atom. The van der Waals surface area contributed by atoms with E-state index in [1.54, 1.807) is 24.3 Å². The summed E-state index contributed by atoms with van der Waals surface area (Å²) < 4.78 is 16.6. The maximum atomic E-state index is 12.1. The fourth-order valence-electron chi connectivity index (χ4n) is 2.53. The average molecular weight is 374 g/mol. The molecule has 0 saturated carbocycles. The van der Waals surface area contributed by atoms with Crippen LogP contribution in [0.4, 0.5) is 0 Å². The van der Waals surface area contributed by atoms with Crippen molar-refractivity contribution in [3.05, 3.63) is 96.1 Å². The number of esters is 1. The first-order valence-corrected chi connectivity index (χ1v) is 9.13. The molecule has 0 amide bonds. The highest BCUT2D eigenvalue weighted by atomic mass is 16.6. The van der Waals surface area contributed by atoms with Crippen molar-refractivity contribution in [3.8, 4) is 17.2 Å². The lowest BCUT2D eigenvalue weighted by Crippen LogP contribution is -2.05. The fourth-order valence-corrected chi connectivity index (χ4v) is 2.53. The van der Waals surface area contributed by atoms with E-state index >= 15 is 0 Å². The van der Waals surface area contributed by atoms with E-state index in [-0.39, 0.29) is 0 Å². The molecule has 0 aliphatic rings. The summed E-state index contributed by atoms with van der Waals surface area (Å²) in [6.45, 7) is 2.90. The first-order chi connectivity index (χ1) is 13.7. The van der Waals surface area contributed by atoms with Crippen molar-refractivity contribution < 1.29 is 19.0 Å². The van der Waals surface area contributed by atoms with Gasteiger partial charge in [0.15, 0.2) is 11.5 Å². The summed E-state index contributed by atoms with van der Waals surface area (Å²) in [4.78, 5) is 12.1. The van der Waals surface area contributed by atoms with E-state index in [0.29, 0.717) is 24.7 Å². The number of hydrogen-bond donors (Lipinski definition) is 0. The Morgan fingerprint density at radius 3 is 2.21 bits per heavy atom. The molecule has 0 radical (unpaired) electrons. The summed E-state index contributed by atoms with van der Waals surface area (Å²) in [5.74, 6) is 1.26.